The number of imidazole rings is 1. The SMILES string of the molecule is CC1CCC(O)(Cc2nc3ccccc3n2C)CC1C. The number of benzene rings is 1. The van der Waals surface area contributed by atoms with Gasteiger partial charge in [-0.2, -0.15) is 0 Å². The molecule has 1 N–H and O–H groups in total. The zero-order chi connectivity index (χ0) is 14.3. The molecule has 3 heteroatoms. The van der Waals surface area contributed by atoms with Gasteiger partial charge in [0.2, 0.25) is 0 Å². The number of aromatic nitrogens is 2. The van der Waals surface area contributed by atoms with Crippen LogP contribution in [-0.2, 0) is 13.5 Å². The zero-order valence-electron chi connectivity index (χ0n) is 12.6. The van der Waals surface area contributed by atoms with E-state index in [9.17, 15) is 5.11 Å². The third-order valence-electron chi connectivity index (χ3n) is 5.11. The van der Waals surface area contributed by atoms with E-state index < -0.39 is 5.60 Å². The van der Waals surface area contributed by atoms with Crippen molar-refractivity contribution in [3.63, 3.8) is 0 Å². The van der Waals surface area contributed by atoms with Crippen LogP contribution in [0.1, 0.15) is 38.9 Å². The summed E-state index contributed by atoms with van der Waals surface area (Å²) in [6.45, 7) is 4.54. The van der Waals surface area contributed by atoms with Crippen LogP contribution >= 0.6 is 0 Å². The molecule has 1 heterocycles. The summed E-state index contributed by atoms with van der Waals surface area (Å²) in [5.41, 5.74) is 1.58. The van der Waals surface area contributed by atoms with Crippen molar-refractivity contribution in [2.24, 2.45) is 18.9 Å². The van der Waals surface area contributed by atoms with Gasteiger partial charge in [0.05, 0.1) is 16.6 Å². The second-order valence-electron chi connectivity index (χ2n) is 6.67. The largest absolute Gasteiger partial charge is 0.389 e. The minimum atomic E-state index is -0.582. The van der Waals surface area contributed by atoms with Gasteiger partial charge in [0.15, 0.2) is 0 Å². The Bertz CT molecular complexity index is 618. The summed E-state index contributed by atoms with van der Waals surface area (Å²) in [7, 11) is 2.04. The van der Waals surface area contributed by atoms with Crippen LogP contribution in [0.25, 0.3) is 11.0 Å². The molecule has 1 saturated carbocycles. The van der Waals surface area contributed by atoms with Crippen LogP contribution in [0.3, 0.4) is 0 Å². The highest BCUT2D eigenvalue weighted by Crippen LogP contribution is 2.38. The Hall–Kier alpha value is -1.35. The Morgan fingerprint density at radius 3 is 2.75 bits per heavy atom. The molecule has 2 aromatic rings. The first-order valence-corrected chi connectivity index (χ1v) is 7.61. The van der Waals surface area contributed by atoms with Gasteiger partial charge in [0.1, 0.15) is 5.82 Å². The second kappa shape index (κ2) is 4.88. The molecule has 20 heavy (non-hydrogen) atoms. The fourth-order valence-corrected chi connectivity index (χ4v) is 3.49. The summed E-state index contributed by atoms with van der Waals surface area (Å²) in [5, 5.41) is 10.9. The molecule has 1 aromatic carbocycles. The number of aliphatic hydroxyl groups is 1. The zero-order valence-corrected chi connectivity index (χ0v) is 12.6. The Labute approximate surface area is 120 Å². The maximum Gasteiger partial charge on any atom is 0.112 e. The molecule has 0 radical (unpaired) electrons. The highest BCUT2D eigenvalue weighted by molar-refractivity contribution is 5.75. The van der Waals surface area contributed by atoms with Crippen molar-refractivity contribution in [1.82, 2.24) is 9.55 Å². The van der Waals surface area contributed by atoms with Crippen LogP contribution in [0.5, 0.6) is 0 Å². The smallest absolute Gasteiger partial charge is 0.112 e. The van der Waals surface area contributed by atoms with Gasteiger partial charge in [-0.3, -0.25) is 0 Å². The standard InChI is InChI=1S/C17H24N2O/c1-12-8-9-17(20,10-13(12)2)11-16-18-14-6-4-5-7-15(14)19(16)3/h4-7,12-13,20H,8-11H2,1-3H3. The first kappa shape index (κ1) is 13.6. The molecule has 1 aliphatic carbocycles. The third kappa shape index (κ3) is 2.35. The van der Waals surface area contributed by atoms with Crippen LogP contribution < -0.4 is 0 Å². The first-order chi connectivity index (χ1) is 9.48. The first-order valence-electron chi connectivity index (χ1n) is 7.61. The Morgan fingerprint density at radius 1 is 1.30 bits per heavy atom. The van der Waals surface area contributed by atoms with E-state index in [2.05, 4.69) is 24.5 Å². The number of fused-ring (bicyclic) bond motifs is 1. The Morgan fingerprint density at radius 2 is 2.05 bits per heavy atom. The summed E-state index contributed by atoms with van der Waals surface area (Å²) >= 11 is 0. The van der Waals surface area contributed by atoms with Crippen LogP contribution in [-0.4, -0.2) is 20.3 Å². The minimum Gasteiger partial charge on any atom is -0.389 e. The summed E-state index contributed by atoms with van der Waals surface area (Å²) in [4.78, 5) is 4.70. The van der Waals surface area contributed by atoms with Crippen molar-refractivity contribution in [2.75, 3.05) is 0 Å². The van der Waals surface area contributed by atoms with Gasteiger partial charge < -0.3 is 9.67 Å². The third-order valence-corrected chi connectivity index (χ3v) is 5.11. The van der Waals surface area contributed by atoms with Crippen molar-refractivity contribution in [2.45, 2.75) is 45.1 Å². The van der Waals surface area contributed by atoms with Gasteiger partial charge in [-0.1, -0.05) is 26.0 Å². The van der Waals surface area contributed by atoms with Gasteiger partial charge in [-0.05, 0) is 43.2 Å². The van der Waals surface area contributed by atoms with Crippen LogP contribution in [0.15, 0.2) is 24.3 Å². The van der Waals surface area contributed by atoms with E-state index in [1.165, 1.54) is 0 Å². The van der Waals surface area contributed by atoms with Crippen molar-refractivity contribution in [3.05, 3.63) is 30.1 Å². The van der Waals surface area contributed by atoms with Crippen molar-refractivity contribution < 1.29 is 5.11 Å². The fourth-order valence-electron chi connectivity index (χ4n) is 3.49. The molecule has 3 nitrogen and oxygen atoms in total. The predicted octanol–water partition coefficient (Wildman–Crippen LogP) is 3.30. The molecule has 0 aliphatic heterocycles. The van der Waals surface area contributed by atoms with Gasteiger partial charge in [0.25, 0.3) is 0 Å². The van der Waals surface area contributed by atoms with E-state index in [0.29, 0.717) is 12.3 Å². The van der Waals surface area contributed by atoms with Gasteiger partial charge in [-0.15, -0.1) is 0 Å². The van der Waals surface area contributed by atoms with Gasteiger partial charge in [-0.25, -0.2) is 4.98 Å². The Balaban J connectivity index is 1.87. The molecule has 1 aromatic heterocycles. The van der Waals surface area contributed by atoms with E-state index >= 15 is 0 Å². The molecule has 3 atom stereocenters. The number of aryl methyl sites for hydroxylation is 1. The molecular formula is C17H24N2O. The summed E-state index contributed by atoms with van der Waals surface area (Å²) in [6.07, 6.45) is 3.55. The number of hydrogen-bond donors (Lipinski definition) is 1. The van der Waals surface area contributed by atoms with E-state index in [4.69, 9.17) is 4.98 Å². The van der Waals surface area contributed by atoms with Crippen LogP contribution in [0.4, 0.5) is 0 Å². The van der Waals surface area contributed by atoms with Crippen LogP contribution in [0.2, 0.25) is 0 Å². The maximum atomic E-state index is 10.9. The molecule has 0 saturated heterocycles. The van der Waals surface area contributed by atoms with E-state index in [1.807, 2.05) is 25.2 Å². The van der Waals surface area contributed by atoms with E-state index in [-0.39, 0.29) is 0 Å². The van der Waals surface area contributed by atoms with E-state index in [1.54, 1.807) is 0 Å². The molecule has 3 rings (SSSR count). The number of rotatable bonds is 2. The van der Waals surface area contributed by atoms with Gasteiger partial charge >= 0.3 is 0 Å². The molecule has 0 spiro atoms. The van der Waals surface area contributed by atoms with Crippen molar-refractivity contribution in [1.29, 1.82) is 0 Å². The Kier molecular flexibility index (Phi) is 3.33. The molecule has 3 unspecified atom stereocenters. The normalized spacial score (nSPS) is 30.8. The topological polar surface area (TPSA) is 38.1 Å². The number of para-hydroxylation sites is 2. The average molecular weight is 272 g/mol. The molecule has 1 aliphatic rings. The lowest BCUT2D eigenvalue weighted by molar-refractivity contribution is -0.0297. The van der Waals surface area contributed by atoms with E-state index in [0.717, 1.165) is 42.0 Å². The second-order valence-corrected chi connectivity index (χ2v) is 6.67. The number of hydrogen-bond acceptors (Lipinski definition) is 2. The molecular weight excluding hydrogens is 248 g/mol. The lowest BCUT2D eigenvalue weighted by Crippen LogP contribution is -2.40. The lowest BCUT2D eigenvalue weighted by Gasteiger charge is -2.38. The highest BCUT2D eigenvalue weighted by Gasteiger charge is 2.37. The summed E-state index contributed by atoms with van der Waals surface area (Å²) < 4.78 is 2.12. The quantitative estimate of drug-likeness (QED) is 0.911. The minimum absolute atomic E-state index is 0.582. The predicted molar refractivity (Wildman–Crippen MR) is 81.5 cm³/mol. The summed E-state index contributed by atoms with van der Waals surface area (Å²) in [6, 6.07) is 8.17. The summed E-state index contributed by atoms with van der Waals surface area (Å²) in [5.74, 6) is 2.30. The molecule has 0 amide bonds. The highest BCUT2D eigenvalue weighted by atomic mass is 16.3. The molecule has 0 bridgehead atoms. The monoisotopic (exact) mass is 272 g/mol. The van der Waals surface area contributed by atoms with Crippen LogP contribution in [0, 0.1) is 11.8 Å². The maximum absolute atomic E-state index is 10.9. The van der Waals surface area contributed by atoms with Crippen molar-refractivity contribution >= 4 is 11.0 Å². The average Bonchev–Trinajstić information content (AvgIpc) is 2.72. The lowest BCUT2D eigenvalue weighted by atomic mass is 9.72. The molecule has 108 valence electrons. The number of nitrogens with zero attached hydrogens (tertiary/aromatic N) is 2. The van der Waals surface area contributed by atoms with Crippen molar-refractivity contribution in [3.8, 4) is 0 Å². The fraction of sp³-hybridized carbons (Fsp3) is 0.588. The molecule has 1 fully saturated rings. The van der Waals surface area contributed by atoms with Gasteiger partial charge in [0, 0.05) is 13.5 Å².